The summed E-state index contributed by atoms with van der Waals surface area (Å²) in [6.07, 6.45) is 5.26. The van der Waals surface area contributed by atoms with Gasteiger partial charge in [0.15, 0.2) is 0 Å². The van der Waals surface area contributed by atoms with Gasteiger partial charge in [-0.25, -0.2) is 0 Å². The molecule has 96 valence electrons. The molecule has 1 aromatic carbocycles. The van der Waals surface area contributed by atoms with E-state index in [-0.39, 0.29) is 0 Å². The summed E-state index contributed by atoms with van der Waals surface area (Å²) in [5, 5.41) is 0. The maximum atomic E-state index is 4.22. The lowest BCUT2D eigenvalue weighted by atomic mass is 10.0. The molecule has 0 N–H and O–H groups in total. The average Bonchev–Trinajstić information content (AvgIpc) is 2.34. The van der Waals surface area contributed by atoms with Crippen LogP contribution in [0, 0.1) is 0 Å². The lowest BCUT2D eigenvalue weighted by molar-refractivity contribution is 0.712. The molecule has 0 bridgehead atoms. The monoisotopic (exact) mass is 268 g/mol. The van der Waals surface area contributed by atoms with Crippen LogP contribution >= 0.6 is 24.4 Å². The third-order valence-electron chi connectivity index (χ3n) is 2.87. The van der Waals surface area contributed by atoms with Crippen molar-refractivity contribution in [3.05, 3.63) is 29.8 Å². The first-order chi connectivity index (χ1) is 8.24. The van der Waals surface area contributed by atoms with Crippen LogP contribution in [0.3, 0.4) is 0 Å². The summed E-state index contributed by atoms with van der Waals surface area (Å²) in [6, 6.07) is 9.03. The number of benzene rings is 1. The molecule has 0 aromatic heterocycles. The van der Waals surface area contributed by atoms with Crippen molar-refractivity contribution in [1.82, 2.24) is 0 Å². The van der Waals surface area contributed by atoms with E-state index in [1.165, 1.54) is 41.9 Å². The van der Waals surface area contributed by atoms with Crippen LogP contribution in [0.5, 0.6) is 0 Å². The highest BCUT2D eigenvalue weighted by atomic mass is 32.2. The van der Waals surface area contributed by atoms with Crippen molar-refractivity contribution in [2.75, 3.05) is 11.5 Å². The fraction of sp³-hybridized carbons (Fsp3) is 0.600. The molecule has 17 heavy (non-hydrogen) atoms. The maximum Gasteiger partial charge on any atom is 0.00721 e. The third kappa shape index (κ3) is 6.42. The Kier molecular flexibility index (Phi) is 7.87. The predicted molar refractivity (Wildman–Crippen MR) is 83.6 cm³/mol. The Bertz CT molecular complexity index is 290. The fourth-order valence-corrected chi connectivity index (χ4v) is 2.84. The van der Waals surface area contributed by atoms with Gasteiger partial charge in [0.05, 0.1) is 0 Å². The molecular formula is C15H24S2. The molecule has 0 aliphatic heterocycles. The molecule has 2 heteroatoms. The first-order valence-electron chi connectivity index (χ1n) is 6.57. The van der Waals surface area contributed by atoms with E-state index in [0.29, 0.717) is 5.92 Å². The largest absolute Gasteiger partial charge is 0.179 e. The van der Waals surface area contributed by atoms with Crippen molar-refractivity contribution in [2.24, 2.45) is 0 Å². The molecule has 0 radical (unpaired) electrons. The van der Waals surface area contributed by atoms with Crippen molar-refractivity contribution < 1.29 is 0 Å². The van der Waals surface area contributed by atoms with Gasteiger partial charge in [-0.05, 0) is 48.0 Å². The zero-order chi connectivity index (χ0) is 12.5. The van der Waals surface area contributed by atoms with Crippen LogP contribution in [-0.4, -0.2) is 11.5 Å². The molecule has 0 heterocycles. The Morgan fingerprint density at radius 3 is 2.24 bits per heavy atom. The number of thioether (sulfide) groups is 1. The molecule has 0 nitrogen and oxygen atoms in total. The quantitative estimate of drug-likeness (QED) is 0.374. The Hall–Kier alpha value is -0.0800. The van der Waals surface area contributed by atoms with Gasteiger partial charge in [-0.15, -0.1) is 11.8 Å². The summed E-state index contributed by atoms with van der Waals surface area (Å²) in [5.41, 5.74) is 1.43. The zero-order valence-electron chi connectivity index (χ0n) is 11.0. The zero-order valence-corrected chi connectivity index (χ0v) is 12.7. The number of rotatable bonds is 8. The molecule has 0 aliphatic carbocycles. The van der Waals surface area contributed by atoms with Crippen molar-refractivity contribution in [3.63, 3.8) is 0 Å². The van der Waals surface area contributed by atoms with Crippen molar-refractivity contribution in [2.45, 2.75) is 50.3 Å². The van der Waals surface area contributed by atoms with Crippen LogP contribution in [0.15, 0.2) is 29.2 Å². The van der Waals surface area contributed by atoms with Gasteiger partial charge in [0.1, 0.15) is 0 Å². The smallest absolute Gasteiger partial charge is 0.00721 e. The molecule has 1 rings (SSSR count). The molecule has 0 aliphatic rings. The first kappa shape index (κ1) is 15.0. The topological polar surface area (TPSA) is 0 Å². The van der Waals surface area contributed by atoms with E-state index in [0.717, 1.165) is 5.75 Å². The van der Waals surface area contributed by atoms with Gasteiger partial charge in [0.2, 0.25) is 0 Å². The lowest BCUT2D eigenvalue weighted by Gasteiger charge is -2.06. The Morgan fingerprint density at radius 2 is 1.65 bits per heavy atom. The molecule has 0 saturated carbocycles. The molecule has 0 spiro atoms. The highest BCUT2D eigenvalue weighted by Gasteiger charge is 1.99. The molecule has 0 fully saturated rings. The second-order valence-electron chi connectivity index (χ2n) is 4.71. The minimum absolute atomic E-state index is 0.635. The van der Waals surface area contributed by atoms with E-state index < -0.39 is 0 Å². The Balaban J connectivity index is 2.19. The van der Waals surface area contributed by atoms with Gasteiger partial charge in [-0.2, -0.15) is 12.6 Å². The van der Waals surface area contributed by atoms with Gasteiger partial charge in [0, 0.05) is 4.90 Å². The highest BCUT2D eigenvalue weighted by Crippen LogP contribution is 2.22. The lowest BCUT2D eigenvalue weighted by Crippen LogP contribution is -1.87. The fourth-order valence-electron chi connectivity index (χ4n) is 1.71. The van der Waals surface area contributed by atoms with Crippen molar-refractivity contribution in [3.8, 4) is 0 Å². The van der Waals surface area contributed by atoms with E-state index in [2.05, 4.69) is 50.7 Å². The summed E-state index contributed by atoms with van der Waals surface area (Å²) in [6.45, 7) is 4.48. The summed E-state index contributed by atoms with van der Waals surface area (Å²) >= 11 is 6.20. The second kappa shape index (κ2) is 8.93. The molecule has 1 aromatic rings. The van der Waals surface area contributed by atoms with E-state index in [4.69, 9.17) is 0 Å². The predicted octanol–water partition coefficient (Wildman–Crippen LogP) is 5.39. The summed E-state index contributed by atoms with van der Waals surface area (Å²) in [5.74, 6) is 2.91. The highest BCUT2D eigenvalue weighted by molar-refractivity contribution is 7.99. The molecule has 0 unspecified atom stereocenters. The third-order valence-corrected chi connectivity index (χ3v) is 4.28. The second-order valence-corrected chi connectivity index (χ2v) is 6.33. The van der Waals surface area contributed by atoms with E-state index in [9.17, 15) is 0 Å². The Morgan fingerprint density at radius 1 is 1.00 bits per heavy atom. The maximum absolute atomic E-state index is 4.22. The summed E-state index contributed by atoms with van der Waals surface area (Å²) < 4.78 is 0. The van der Waals surface area contributed by atoms with Crippen molar-refractivity contribution in [1.29, 1.82) is 0 Å². The van der Waals surface area contributed by atoms with Crippen LogP contribution in [0.2, 0.25) is 0 Å². The summed E-state index contributed by atoms with van der Waals surface area (Å²) in [4.78, 5) is 1.41. The van der Waals surface area contributed by atoms with E-state index in [1.54, 1.807) is 0 Å². The number of hydrogen-bond acceptors (Lipinski definition) is 2. The SMILES string of the molecule is CC(C)c1ccc(SCCCCCCS)cc1. The molecule has 0 amide bonds. The van der Waals surface area contributed by atoms with Gasteiger partial charge in [0.25, 0.3) is 0 Å². The van der Waals surface area contributed by atoms with Crippen LogP contribution < -0.4 is 0 Å². The minimum atomic E-state index is 0.635. The van der Waals surface area contributed by atoms with Crippen LogP contribution in [0.1, 0.15) is 51.0 Å². The van der Waals surface area contributed by atoms with Crippen LogP contribution in [0.25, 0.3) is 0 Å². The minimum Gasteiger partial charge on any atom is -0.179 e. The van der Waals surface area contributed by atoms with Gasteiger partial charge in [-0.1, -0.05) is 38.8 Å². The molecule has 0 saturated heterocycles. The number of hydrogen-bond donors (Lipinski definition) is 1. The number of thiol groups is 1. The van der Waals surface area contributed by atoms with Crippen LogP contribution in [0.4, 0.5) is 0 Å². The summed E-state index contributed by atoms with van der Waals surface area (Å²) in [7, 11) is 0. The van der Waals surface area contributed by atoms with E-state index in [1.807, 2.05) is 11.8 Å². The van der Waals surface area contributed by atoms with Crippen LogP contribution in [-0.2, 0) is 0 Å². The van der Waals surface area contributed by atoms with E-state index >= 15 is 0 Å². The van der Waals surface area contributed by atoms with Gasteiger partial charge >= 0.3 is 0 Å². The Labute approximate surface area is 116 Å². The molecular weight excluding hydrogens is 244 g/mol. The average molecular weight is 268 g/mol. The van der Waals surface area contributed by atoms with Gasteiger partial charge < -0.3 is 0 Å². The van der Waals surface area contributed by atoms with Gasteiger partial charge in [-0.3, -0.25) is 0 Å². The normalized spacial score (nSPS) is 11.1. The standard InChI is InChI=1S/C15H24S2/c1-13(2)14-7-9-15(10-8-14)17-12-6-4-3-5-11-16/h7-10,13,16H,3-6,11-12H2,1-2H3. The molecule has 0 atom stereocenters. The first-order valence-corrected chi connectivity index (χ1v) is 8.19. The number of unbranched alkanes of at least 4 members (excludes halogenated alkanes) is 3. The van der Waals surface area contributed by atoms with Crippen molar-refractivity contribution >= 4 is 24.4 Å².